The summed E-state index contributed by atoms with van der Waals surface area (Å²) in [7, 11) is 3.82. The van der Waals surface area contributed by atoms with Crippen LogP contribution in [0.15, 0.2) is 4.79 Å². The molecule has 0 atom stereocenters. The summed E-state index contributed by atoms with van der Waals surface area (Å²) in [5.74, 6) is 0.754. The predicted octanol–water partition coefficient (Wildman–Crippen LogP) is 2.96. The molecule has 96 valence electrons. The molecule has 0 radical (unpaired) electrons. The van der Waals surface area contributed by atoms with Crippen molar-refractivity contribution >= 4 is 23.6 Å². The van der Waals surface area contributed by atoms with Crippen molar-refractivity contribution in [2.24, 2.45) is 5.92 Å². The van der Waals surface area contributed by atoms with E-state index in [1.807, 2.05) is 19.0 Å². The molecule has 0 aliphatic heterocycles. The molecule has 0 saturated carbocycles. The summed E-state index contributed by atoms with van der Waals surface area (Å²) in [6.07, 6.45) is 3.55. The maximum atomic E-state index is 11.6. The lowest BCUT2D eigenvalue weighted by molar-refractivity contribution is 0.544. The van der Waals surface area contributed by atoms with Crippen LogP contribution in [0.3, 0.4) is 0 Å². The average Bonchev–Trinajstić information content (AvgIpc) is 2.25. The molecule has 0 aliphatic rings. The highest BCUT2D eigenvalue weighted by Crippen LogP contribution is 2.25. The largest absolute Gasteiger partial charge is 0.380 e. The van der Waals surface area contributed by atoms with E-state index in [-0.39, 0.29) is 5.43 Å². The molecule has 1 aromatic carbocycles. The molecule has 17 heavy (non-hydrogen) atoms. The molecule has 0 fully saturated rings. The van der Waals surface area contributed by atoms with Gasteiger partial charge in [0.15, 0.2) is 0 Å². The third-order valence-electron chi connectivity index (χ3n) is 2.84. The van der Waals surface area contributed by atoms with Crippen LogP contribution in [-0.4, -0.2) is 20.6 Å². The minimum Gasteiger partial charge on any atom is -0.380 e. The normalized spacial score (nSPS) is 11.1. The fraction of sp³-hybridized carbons (Fsp3) is 0.692. The van der Waals surface area contributed by atoms with Gasteiger partial charge in [0.05, 0.1) is 5.69 Å². The van der Waals surface area contributed by atoms with Gasteiger partial charge in [-0.25, -0.2) is 0 Å². The summed E-state index contributed by atoms with van der Waals surface area (Å²) in [4.78, 5) is 13.5. The first-order chi connectivity index (χ1) is 7.95. The Balaban J connectivity index is 2.40. The topological polar surface area (TPSA) is 32.3 Å². The van der Waals surface area contributed by atoms with Crippen LogP contribution < -0.4 is 15.6 Å². The van der Waals surface area contributed by atoms with Gasteiger partial charge in [-0.2, -0.15) is 0 Å². The van der Waals surface area contributed by atoms with Crippen molar-refractivity contribution in [3.8, 4) is 0 Å². The van der Waals surface area contributed by atoms with Crippen molar-refractivity contribution in [2.45, 2.75) is 33.1 Å². The highest BCUT2D eigenvalue weighted by molar-refractivity contribution is 7.71. The monoisotopic (exact) mass is 254 g/mol. The van der Waals surface area contributed by atoms with E-state index in [1.54, 1.807) is 0 Å². The molecule has 0 unspecified atom stereocenters. The zero-order chi connectivity index (χ0) is 13.0. The van der Waals surface area contributed by atoms with Crippen molar-refractivity contribution in [3.05, 3.63) is 14.7 Å². The Morgan fingerprint density at radius 2 is 1.94 bits per heavy atom. The summed E-state index contributed by atoms with van der Waals surface area (Å²) in [5, 5.41) is 3.21. The maximum absolute atomic E-state index is 11.6. The van der Waals surface area contributed by atoms with Crippen LogP contribution >= 0.6 is 12.2 Å². The molecule has 1 N–H and O–H groups in total. The van der Waals surface area contributed by atoms with E-state index >= 15 is 0 Å². The lowest BCUT2D eigenvalue weighted by Gasteiger charge is -2.20. The van der Waals surface area contributed by atoms with Crippen LogP contribution in [0.1, 0.15) is 33.1 Å². The highest BCUT2D eigenvalue weighted by atomic mass is 32.1. The second kappa shape index (κ2) is 6.15. The molecule has 0 heterocycles. The van der Waals surface area contributed by atoms with Crippen molar-refractivity contribution in [1.82, 2.24) is 0 Å². The maximum Gasteiger partial charge on any atom is 0.223 e. The van der Waals surface area contributed by atoms with Crippen LogP contribution in [-0.2, 0) is 0 Å². The Labute approximate surface area is 109 Å². The van der Waals surface area contributed by atoms with Crippen LogP contribution in [0, 0.1) is 10.4 Å². The summed E-state index contributed by atoms with van der Waals surface area (Å²) in [5.41, 5.74) is 1.57. The van der Waals surface area contributed by atoms with Gasteiger partial charge in [0.2, 0.25) is 5.43 Å². The van der Waals surface area contributed by atoms with E-state index in [0.29, 0.717) is 10.2 Å². The first-order valence-corrected chi connectivity index (χ1v) is 6.60. The molecule has 1 rings (SSSR count). The zero-order valence-corrected chi connectivity index (χ0v) is 12.0. The second-order valence-electron chi connectivity index (χ2n) is 5.09. The van der Waals surface area contributed by atoms with Crippen molar-refractivity contribution < 1.29 is 0 Å². The lowest BCUT2D eigenvalue weighted by Crippen LogP contribution is -2.25. The van der Waals surface area contributed by atoms with Crippen molar-refractivity contribution in [1.29, 1.82) is 0 Å². The van der Waals surface area contributed by atoms with Crippen LogP contribution in [0.4, 0.5) is 11.4 Å². The first-order valence-electron chi connectivity index (χ1n) is 6.19. The molecule has 4 heteroatoms. The van der Waals surface area contributed by atoms with Gasteiger partial charge in [-0.3, -0.25) is 4.79 Å². The van der Waals surface area contributed by atoms with Gasteiger partial charge in [0, 0.05) is 20.6 Å². The Morgan fingerprint density at radius 1 is 1.29 bits per heavy atom. The lowest BCUT2D eigenvalue weighted by atomic mass is 10.1. The summed E-state index contributed by atoms with van der Waals surface area (Å²) in [6.45, 7) is 5.32. The van der Waals surface area contributed by atoms with Crippen molar-refractivity contribution in [3.63, 3.8) is 0 Å². The predicted molar refractivity (Wildman–Crippen MR) is 77.4 cm³/mol. The summed E-state index contributed by atoms with van der Waals surface area (Å²) >= 11 is 5.03. The van der Waals surface area contributed by atoms with Gasteiger partial charge in [-0.05, 0) is 12.3 Å². The van der Waals surface area contributed by atoms with E-state index in [2.05, 4.69) is 19.2 Å². The Hall–Kier alpha value is -0.900. The molecule has 0 aromatic heterocycles. The number of anilines is 2. The molecule has 0 bridgehead atoms. The number of rotatable bonds is 7. The number of unbranched alkanes of at least 4 members (excludes halogenated alkanes) is 1. The molecule has 0 amide bonds. The minimum atomic E-state index is -0.00689. The first kappa shape index (κ1) is 14.2. The Bertz CT molecular complexity index is 431. The standard InChI is InChI=1S/C13H22N2OS/c1-9(2)7-5-6-8-14-10-11(15(3)4)13(17)12(10)16/h9,14H,5-8H2,1-4H3. The fourth-order valence-corrected chi connectivity index (χ4v) is 2.25. The molecule has 0 spiro atoms. The van der Waals surface area contributed by atoms with E-state index in [4.69, 9.17) is 12.2 Å². The quantitative estimate of drug-likeness (QED) is 0.599. The number of nitrogens with zero attached hydrogens (tertiary/aromatic N) is 1. The van der Waals surface area contributed by atoms with Gasteiger partial charge in [0.1, 0.15) is 10.2 Å². The molecule has 0 saturated heterocycles. The van der Waals surface area contributed by atoms with Crippen molar-refractivity contribution in [2.75, 3.05) is 30.9 Å². The SMILES string of the molecule is CC(C)CCCCNc1c(N(C)C)c(=S)c1=O. The average molecular weight is 254 g/mol. The van der Waals surface area contributed by atoms with Crippen LogP contribution in [0.2, 0.25) is 0 Å². The molecule has 1 aromatic rings. The second-order valence-corrected chi connectivity index (χ2v) is 5.50. The summed E-state index contributed by atoms with van der Waals surface area (Å²) in [6, 6.07) is 0. The number of hydrogen-bond acceptors (Lipinski definition) is 4. The van der Waals surface area contributed by atoms with E-state index in [1.165, 1.54) is 12.8 Å². The smallest absolute Gasteiger partial charge is 0.223 e. The number of nitrogens with one attached hydrogen (secondary N) is 1. The highest BCUT2D eigenvalue weighted by Gasteiger charge is 2.18. The third kappa shape index (κ3) is 3.53. The van der Waals surface area contributed by atoms with Gasteiger partial charge in [0.25, 0.3) is 0 Å². The summed E-state index contributed by atoms with van der Waals surface area (Å²) < 4.78 is 0.458. The Morgan fingerprint density at radius 3 is 2.47 bits per heavy atom. The molecule has 0 aliphatic carbocycles. The van der Waals surface area contributed by atoms with E-state index in [9.17, 15) is 4.79 Å². The van der Waals surface area contributed by atoms with E-state index in [0.717, 1.165) is 24.6 Å². The van der Waals surface area contributed by atoms with Crippen LogP contribution in [0.5, 0.6) is 0 Å². The minimum absolute atomic E-state index is 0.00689. The van der Waals surface area contributed by atoms with Crippen LogP contribution in [0.25, 0.3) is 0 Å². The zero-order valence-electron chi connectivity index (χ0n) is 11.2. The third-order valence-corrected chi connectivity index (χ3v) is 3.22. The van der Waals surface area contributed by atoms with Gasteiger partial charge < -0.3 is 10.2 Å². The molecular formula is C13H22N2OS. The van der Waals surface area contributed by atoms with E-state index < -0.39 is 0 Å². The Kier molecular flexibility index (Phi) is 5.12. The number of hydrogen-bond donors (Lipinski definition) is 1. The molecular weight excluding hydrogens is 232 g/mol. The van der Waals surface area contributed by atoms with Gasteiger partial charge >= 0.3 is 0 Å². The molecule has 3 nitrogen and oxygen atoms in total. The fourth-order valence-electron chi connectivity index (χ4n) is 1.86. The van der Waals surface area contributed by atoms with Gasteiger partial charge in [-0.15, -0.1) is 0 Å². The van der Waals surface area contributed by atoms with Gasteiger partial charge in [-0.1, -0.05) is 38.9 Å².